The van der Waals surface area contributed by atoms with Gasteiger partial charge in [-0.3, -0.25) is 4.79 Å². The van der Waals surface area contributed by atoms with E-state index in [1.54, 1.807) is 12.1 Å². The van der Waals surface area contributed by atoms with Gasteiger partial charge in [0.1, 0.15) is 5.75 Å². The first-order chi connectivity index (χ1) is 14.6. The third-order valence-corrected chi connectivity index (χ3v) is 5.22. The number of rotatable bonds is 4. The minimum atomic E-state index is -0.515. The van der Waals surface area contributed by atoms with Gasteiger partial charge in [-0.2, -0.15) is 0 Å². The molecule has 1 heterocycles. The molecule has 0 spiro atoms. The third-order valence-electron chi connectivity index (χ3n) is 5.22. The van der Waals surface area contributed by atoms with E-state index in [0.717, 1.165) is 40.6 Å². The lowest BCUT2D eigenvalue weighted by Gasteiger charge is -2.22. The molecular formula is C24H22N2O4. The highest BCUT2D eigenvalue weighted by atomic mass is 16.5. The SMILES string of the molecule is CNC(=O)COC(=O)c1c2c(nc3ccccc13)/C(=C/c1ccc(O)cc1)CCC2. The molecule has 3 aromatic rings. The average Bonchev–Trinajstić information content (AvgIpc) is 2.77. The van der Waals surface area contributed by atoms with Gasteiger partial charge in [-0.1, -0.05) is 30.3 Å². The molecule has 2 N–H and O–H groups in total. The minimum Gasteiger partial charge on any atom is -0.508 e. The molecule has 1 aliphatic carbocycles. The fourth-order valence-electron chi connectivity index (χ4n) is 3.76. The molecule has 30 heavy (non-hydrogen) atoms. The largest absolute Gasteiger partial charge is 0.508 e. The van der Waals surface area contributed by atoms with Gasteiger partial charge in [0.25, 0.3) is 5.91 Å². The molecule has 0 atom stereocenters. The standard InChI is InChI=1S/C24H22N2O4/c1-25-21(28)14-30-24(29)22-18-6-2-3-8-20(18)26-23-16(5-4-7-19(22)23)13-15-9-11-17(27)12-10-15/h2-3,6,8-13,27H,4-5,7,14H2,1H3,(H,25,28)/b16-13+. The number of aromatic hydroxyl groups is 1. The number of hydrogen-bond donors (Lipinski definition) is 2. The van der Waals surface area contributed by atoms with Gasteiger partial charge in [-0.25, -0.2) is 9.78 Å². The monoisotopic (exact) mass is 402 g/mol. The summed E-state index contributed by atoms with van der Waals surface area (Å²) < 4.78 is 5.30. The Morgan fingerprint density at radius 3 is 2.67 bits per heavy atom. The highest BCUT2D eigenvalue weighted by Gasteiger charge is 2.26. The number of pyridine rings is 1. The number of esters is 1. The van der Waals surface area contributed by atoms with Crippen LogP contribution in [0.3, 0.4) is 0 Å². The highest BCUT2D eigenvalue weighted by molar-refractivity contribution is 6.07. The molecule has 1 aliphatic rings. The Labute approximate surface area is 174 Å². The Kier molecular flexibility index (Phi) is 5.48. The van der Waals surface area contributed by atoms with E-state index in [1.807, 2.05) is 42.5 Å². The number of para-hydroxylation sites is 1. The van der Waals surface area contributed by atoms with Crippen LogP contribution in [-0.2, 0) is 16.0 Å². The van der Waals surface area contributed by atoms with Crippen LogP contribution in [0.2, 0.25) is 0 Å². The molecule has 0 saturated heterocycles. The first kappa shape index (κ1) is 19.6. The lowest BCUT2D eigenvalue weighted by Crippen LogP contribution is -2.26. The Bertz CT molecular complexity index is 1150. The summed E-state index contributed by atoms with van der Waals surface area (Å²) in [5.74, 6) is -0.658. The van der Waals surface area contributed by atoms with Crippen molar-refractivity contribution in [1.29, 1.82) is 0 Å². The number of carbonyl (C=O) groups excluding carboxylic acids is 2. The third kappa shape index (κ3) is 3.89. The lowest BCUT2D eigenvalue weighted by atomic mass is 9.86. The van der Waals surface area contributed by atoms with Crippen molar-refractivity contribution in [3.05, 3.63) is 70.9 Å². The van der Waals surface area contributed by atoms with E-state index in [4.69, 9.17) is 9.72 Å². The van der Waals surface area contributed by atoms with Crippen LogP contribution in [0.4, 0.5) is 0 Å². The number of benzene rings is 2. The van der Waals surface area contributed by atoms with Crippen LogP contribution in [-0.4, -0.2) is 35.6 Å². The minimum absolute atomic E-state index is 0.214. The van der Waals surface area contributed by atoms with Crippen LogP contribution in [0.25, 0.3) is 22.6 Å². The van der Waals surface area contributed by atoms with Crippen LogP contribution in [0.1, 0.15) is 40.0 Å². The number of fused-ring (bicyclic) bond motifs is 2. The molecule has 1 amide bonds. The van der Waals surface area contributed by atoms with E-state index >= 15 is 0 Å². The van der Waals surface area contributed by atoms with Crippen molar-refractivity contribution in [2.24, 2.45) is 0 Å². The van der Waals surface area contributed by atoms with Gasteiger partial charge in [0.15, 0.2) is 6.61 Å². The number of carbonyl (C=O) groups is 2. The quantitative estimate of drug-likeness (QED) is 0.650. The topological polar surface area (TPSA) is 88.5 Å². The number of amides is 1. The summed E-state index contributed by atoms with van der Waals surface area (Å²) in [7, 11) is 1.50. The number of aromatic nitrogens is 1. The molecule has 0 saturated carbocycles. The summed E-state index contributed by atoms with van der Waals surface area (Å²) in [6.45, 7) is -0.322. The van der Waals surface area contributed by atoms with Crippen molar-refractivity contribution in [2.75, 3.05) is 13.7 Å². The summed E-state index contributed by atoms with van der Waals surface area (Å²) in [6.07, 6.45) is 4.47. The average molecular weight is 402 g/mol. The van der Waals surface area contributed by atoms with Crippen LogP contribution in [0.15, 0.2) is 48.5 Å². The van der Waals surface area contributed by atoms with Crippen LogP contribution < -0.4 is 5.32 Å². The molecule has 4 rings (SSSR count). The second-order valence-corrected chi connectivity index (χ2v) is 7.20. The van der Waals surface area contributed by atoms with E-state index < -0.39 is 5.97 Å². The van der Waals surface area contributed by atoms with E-state index in [1.165, 1.54) is 7.05 Å². The molecule has 6 nitrogen and oxygen atoms in total. The van der Waals surface area contributed by atoms with E-state index in [2.05, 4.69) is 5.32 Å². The summed E-state index contributed by atoms with van der Waals surface area (Å²) in [4.78, 5) is 29.4. The maximum Gasteiger partial charge on any atom is 0.339 e. The van der Waals surface area contributed by atoms with Gasteiger partial charge < -0.3 is 15.2 Å². The zero-order chi connectivity index (χ0) is 21.1. The van der Waals surface area contributed by atoms with Gasteiger partial charge in [0.2, 0.25) is 0 Å². The van der Waals surface area contributed by atoms with Gasteiger partial charge in [-0.05, 0) is 60.2 Å². The molecule has 6 heteroatoms. The second kappa shape index (κ2) is 8.37. The normalized spacial score (nSPS) is 14.4. The van der Waals surface area contributed by atoms with E-state index in [9.17, 15) is 14.7 Å². The molecule has 0 bridgehead atoms. The molecular weight excluding hydrogens is 380 g/mol. The lowest BCUT2D eigenvalue weighted by molar-refractivity contribution is -0.123. The molecule has 0 radical (unpaired) electrons. The van der Waals surface area contributed by atoms with Crippen LogP contribution >= 0.6 is 0 Å². The summed E-state index contributed by atoms with van der Waals surface area (Å²) >= 11 is 0. The Hall–Kier alpha value is -3.67. The zero-order valence-electron chi connectivity index (χ0n) is 16.6. The summed E-state index contributed by atoms with van der Waals surface area (Å²) in [5.41, 5.74) is 4.83. The number of phenolic OH excluding ortho intramolecular Hbond substituents is 1. The number of ether oxygens (including phenoxy) is 1. The summed E-state index contributed by atoms with van der Waals surface area (Å²) in [6, 6.07) is 14.5. The first-order valence-electron chi connectivity index (χ1n) is 9.86. The van der Waals surface area contributed by atoms with Gasteiger partial charge >= 0.3 is 5.97 Å². The smallest absolute Gasteiger partial charge is 0.339 e. The fourth-order valence-corrected chi connectivity index (χ4v) is 3.76. The number of nitrogens with zero attached hydrogens (tertiary/aromatic N) is 1. The van der Waals surface area contributed by atoms with Crippen molar-refractivity contribution in [3.63, 3.8) is 0 Å². The van der Waals surface area contributed by atoms with Gasteiger partial charge in [0, 0.05) is 12.4 Å². The molecule has 1 aromatic heterocycles. The Morgan fingerprint density at radius 1 is 1.13 bits per heavy atom. The van der Waals surface area contributed by atoms with Crippen molar-refractivity contribution in [1.82, 2.24) is 10.3 Å². The second-order valence-electron chi connectivity index (χ2n) is 7.20. The number of nitrogens with one attached hydrogen (secondary N) is 1. The molecule has 0 aliphatic heterocycles. The van der Waals surface area contributed by atoms with Crippen molar-refractivity contribution in [2.45, 2.75) is 19.3 Å². The van der Waals surface area contributed by atoms with Crippen molar-refractivity contribution < 1.29 is 19.4 Å². The van der Waals surface area contributed by atoms with Gasteiger partial charge in [0.05, 0.1) is 16.8 Å². The number of allylic oxidation sites excluding steroid dienone is 1. The number of hydrogen-bond acceptors (Lipinski definition) is 5. The molecule has 2 aromatic carbocycles. The fraction of sp³-hybridized carbons (Fsp3) is 0.208. The zero-order valence-corrected chi connectivity index (χ0v) is 16.6. The molecule has 0 fully saturated rings. The van der Waals surface area contributed by atoms with Crippen LogP contribution in [0, 0.1) is 0 Å². The van der Waals surface area contributed by atoms with Crippen molar-refractivity contribution in [3.8, 4) is 5.75 Å². The molecule has 0 unspecified atom stereocenters. The van der Waals surface area contributed by atoms with E-state index in [0.29, 0.717) is 17.5 Å². The van der Waals surface area contributed by atoms with E-state index in [-0.39, 0.29) is 18.3 Å². The maximum absolute atomic E-state index is 13.0. The molecule has 152 valence electrons. The van der Waals surface area contributed by atoms with Crippen LogP contribution in [0.5, 0.6) is 5.75 Å². The predicted octanol–water partition coefficient (Wildman–Crippen LogP) is 3.72. The van der Waals surface area contributed by atoms with Crippen molar-refractivity contribution >= 4 is 34.4 Å². The number of phenols is 1. The summed E-state index contributed by atoms with van der Waals surface area (Å²) in [5, 5.41) is 12.7. The van der Waals surface area contributed by atoms with Gasteiger partial charge in [-0.15, -0.1) is 0 Å². The Morgan fingerprint density at radius 2 is 1.90 bits per heavy atom. The number of likely N-dealkylation sites (N-methyl/N-ethyl adjacent to an activating group) is 1. The maximum atomic E-state index is 13.0. The predicted molar refractivity (Wildman–Crippen MR) is 115 cm³/mol. The highest BCUT2D eigenvalue weighted by Crippen LogP contribution is 2.36. The Balaban J connectivity index is 1.83. The first-order valence-corrected chi connectivity index (χ1v) is 9.86.